The van der Waals surface area contributed by atoms with Crippen molar-refractivity contribution in [3.05, 3.63) is 35.6 Å². The quantitative estimate of drug-likeness (QED) is 0.702. The van der Waals surface area contributed by atoms with Gasteiger partial charge in [0.2, 0.25) is 0 Å². The molecule has 2 rings (SSSR count). The lowest BCUT2D eigenvalue weighted by atomic mass is 10.1. The van der Waals surface area contributed by atoms with Gasteiger partial charge < -0.3 is 9.84 Å². The van der Waals surface area contributed by atoms with E-state index in [0.29, 0.717) is 5.56 Å². The standard InChI is InChI=1S/C9H7FO3/c10-6-3-1-5(2-4-6)7-8(13-7)9(11)12/h1-4,7-8H,(H,11,12). The van der Waals surface area contributed by atoms with Gasteiger partial charge in [-0.2, -0.15) is 0 Å². The fourth-order valence-corrected chi connectivity index (χ4v) is 1.21. The summed E-state index contributed by atoms with van der Waals surface area (Å²) in [4.78, 5) is 10.4. The molecule has 1 N–H and O–H groups in total. The number of hydrogen-bond donors (Lipinski definition) is 1. The lowest BCUT2D eigenvalue weighted by Crippen LogP contribution is -2.04. The highest BCUT2D eigenvalue weighted by molar-refractivity contribution is 5.76. The van der Waals surface area contributed by atoms with Gasteiger partial charge >= 0.3 is 5.97 Å². The average Bonchev–Trinajstić information content (AvgIpc) is 2.85. The van der Waals surface area contributed by atoms with Crippen molar-refractivity contribution in [3.63, 3.8) is 0 Å². The average molecular weight is 182 g/mol. The van der Waals surface area contributed by atoms with Crippen molar-refractivity contribution in [2.75, 3.05) is 0 Å². The van der Waals surface area contributed by atoms with Crippen LogP contribution in [-0.4, -0.2) is 17.2 Å². The van der Waals surface area contributed by atoms with Crippen LogP contribution >= 0.6 is 0 Å². The Hall–Kier alpha value is -1.42. The van der Waals surface area contributed by atoms with Crippen LogP contribution in [0.25, 0.3) is 0 Å². The monoisotopic (exact) mass is 182 g/mol. The third kappa shape index (κ3) is 1.53. The maximum atomic E-state index is 12.5. The first-order valence-corrected chi connectivity index (χ1v) is 3.82. The molecular formula is C9H7FO3. The van der Waals surface area contributed by atoms with Crippen molar-refractivity contribution < 1.29 is 19.0 Å². The second-order valence-corrected chi connectivity index (χ2v) is 2.87. The van der Waals surface area contributed by atoms with Crippen LogP contribution in [0.2, 0.25) is 0 Å². The summed E-state index contributed by atoms with van der Waals surface area (Å²) >= 11 is 0. The van der Waals surface area contributed by atoms with Gasteiger partial charge in [0.05, 0.1) is 0 Å². The van der Waals surface area contributed by atoms with Crippen LogP contribution in [0.5, 0.6) is 0 Å². The van der Waals surface area contributed by atoms with E-state index in [1.54, 1.807) is 0 Å². The van der Waals surface area contributed by atoms with Crippen LogP contribution in [-0.2, 0) is 9.53 Å². The summed E-state index contributed by atoms with van der Waals surface area (Å²) < 4.78 is 17.4. The van der Waals surface area contributed by atoms with Crippen molar-refractivity contribution >= 4 is 5.97 Å². The van der Waals surface area contributed by atoms with Gasteiger partial charge in [-0.05, 0) is 17.7 Å². The fraction of sp³-hybridized carbons (Fsp3) is 0.222. The molecule has 1 aliphatic rings. The molecule has 1 heterocycles. The van der Waals surface area contributed by atoms with E-state index in [0.717, 1.165) is 0 Å². The van der Waals surface area contributed by atoms with E-state index >= 15 is 0 Å². The smallest absolute Gasteiger partial charge is 0.335 e. The van der Waals surface area contributed by atoms with Crippen molar-refractivity contribution in [1.82, 2.24) is 0 Å². The van der Waals surface area contributed by atoms with Gasteiger partial charge in [-0.3, -0.25) is 0 Å². The summed E-state index contributed by atoms with van der Waals surface area (Å²) in [6, 6.07) is 5.64. The van der Waals surface area contributed by atoms with Crippen LogP contribution in [0.1, 0.15) is 11.7 Å². The second kappa shape index (κ2) is 2.81. The normalized spacial score (nSPS) is 25.6. The molecule has 2 unspecified atom stereocenters. The number of epoxide rings is 1. The number of benzene rings is 1. The predicted octanol–water partition coefficient (Wildman–Crippen LogP) is 1.35. The topological polar surface area (TPSA) is 49.8 Å². The van der Waals surface area contributed by atoms with E-state index in [2.05, 4.69) is 0 Å². The van der Waals surface area contributed by atoms with Gasteiger partial charge in [-0.15, -0.1) is 0 Å². The molecule has 0 bridgehead atoms. The Bertz CT molecular complexity index is 333. The molecular weight excluding hydrogens is 175 g/mol. The van der Waals surface area contributed by atoms with Gasteiger partial charge in [0, 0.05) is 0 Å². The molecule has 1 aromatic rings. The zero-order chi connectivity index (χ0) is 9.42. The second-order valence-electron chi connectivity index (χ2n) is 2.87. The molecule has 0 spiro atoms. The molecule has 68 valence electrons. The van der Waals surface area contributed by atoms with Gasteiger partial charge in [-0.25, -0.2) is 9.18 Å². The maximum absolute atomic E-state index is 12.5. The molecule has 1 aliphatic heterocycles. The molecule has 1 saturated heterocycles. The number of carboxylic acid groups (broad SMARTS) is 1. The minimum atomic E-state index is -0.977. The summed E-state index contributed by atoms with van der Waals surface area (Å²) in [7, 11) is 0. The minimum Gasteiger partial charge on any atom is -0.479 e. The first-order valence-electron chi connectivity index (χ1n) is 3.82. The fourth-order valence-electron chi connectivity index (χ4n) is 1.21. The number of halogens is 1. The molecule has 0 aliphatic carbocycles. The number of carboxylic acids is 1. The lowest BCUT2D eigenvalue weighted by Gasteiger charge is -1.93. The number of ether oxygens (including phenoxy) is 1. The van der Waals surface area contributed by atoms with Crippen molar-refractivity contribution in [3.8, 4) is 0 Å². The number of hydrogen-bond acceptors (Lipinski definition) is 2. The number of carbonyl (C=O) groups is 1. The van der Waals surface area contributed by atoms with Crippen LogP contribution in [0.15, 0.2) is 24.3 Å². The zero-order valence-corrected chi connectivity index (χ0v) is 6.61. The van der Waals surface area contributed by atoms with E-state index < -0.39 is 18.2 Å². The molecule has 1 aromatic carbocycles. The summed E-state index contributed by atoms with van der Waals surface area (Å²) in [5.41, 5.74) is 0.703. The van der Waals surface area contributed by atoms with Gasteiger partial charge in [0.25, 0.3) is 0 Å². The van der Waals surface area contributed by atoms with Crippen molar-refractivity contribution in [1.29, 1.82) is 0 Å². The van der Waals surface area contributed by atoms with Crippen LogP contribution in [0, 0.1) is 5.82 Å². The molecule has 13 heavy (non-hydrogen) atoms. The van der Waals surface area contributed by atoms with Crippen LogP contribution < -0.4 is 0 Å². The SMILES string of the molecule is O=C(O)C1OC1c1ccc(F)cc1. The largest absolute Gasteiger partial charge is 0.479 e. The highest BCUT2D eigenvalue weighted by atomic mass is 19.1. The first-order chi connectivity index (χ1) is 6.18. The van der Waals surface area contributed by atoms with E-state index in [9.17, 15) is 9.18 Å². The van der Waals surface area contributed by atoms with E-state index in [1.807, 2.05) is 0 Å². The third-order valence-electron chi connectivity index (χ3n) is 1.93. The van der Waals surface area contributed by atoms with Crippen molar-refractivity contribution in [2.45, 2.75) is 12.2 Å². The molecule has 0 amide bonds. The van der Waals surface area contributed by atoms with E-state index in [4.69, 9.17) is 9.84 Å². The van der Waals surface area contributed by atoms with Gasteiger partial charge in [-0.1, -0.05) is 12.1 Å². The van der Waals surface area contributed by atoms with E-state index in [-0.39, 0.29) is 5.82 Å². The Morgan fingerprint density at radius 1 is 1.38 bits per heavy atom. The Balaban J connectivity index is 2.12. The zero-order valence-electron chi connectivity index (χ0n) is 6.61. The van der Waals surface area contributed by atoms with Gasteiger partial charge in [0.1, 0.15) is 11.9 Å². The molecule has 0 radical (unpaired) electrons. The first kappa shape index (κ1) is 8.19. The lowest BCUT2D eigenvalue weighted by molar-refractivity contribution is -0.138. The number of rotatable bonds is 2. The summed E-state index contributed by atoms with van der Waals surface area (Å²) in [6.45, 7) is 0. The summed E-state index contributed by atoms with van der Waals surface area (Å²) in [5.74, 6) is -1.31. The number of aliphatic carboxylic acids is 1. The minimum absolute atomic E-state index is 0.337. The molecule has 0 aromatic heterocycles. The van der Waals surface area contributed by atoms with Crippen LogP contribution in [0.3, 0.4) is 0 Å². The highest BCUT2D eigenvalue weighted by Crippen LogP contribution is 2.38. The van der Waals surface area contributed by atoms with Gasteiger partial charge in [0.15, 0.2) is 6.10 Å². The summed E-state index contributed by atoms with van der Waals surface area (Å²) in [6.07, 6.45) is -1.16. The Morgan fingerprint density at radius 3 is 2.46 bits per heavy atom. The summed E-state index contributed by atoms with van der Waals surface area (Å²) in [5, 5.41) is 8.54. The van der Waals surface area contributed by atoms with Crippen molar-refractivity contribution in [2.24, 2.45) is 0 Å². The Labute approximate surface area is 73.8 Å². The predicted molar refractivity (Wildman–Crippen MR) is 41.6 cm³/mol. The molecule has 3 nitrogen and oxygen atoms in total. The molecule has 4 heteroatoms. The highest BCUT2D eigenvalue weighted by Gasteiger charge is 2.46. The maximum Gasteiger partial charge on any atom is 0.335 e. The third-order valence-corrected chi connectivity index (χ3v) is 1.93. The molecule has 2 atom stereocenters. The molecule has 0 saturated carbocycles. The van der Waals surface area contributed by atoms with Crippen LogP contribution in [0.4, 0.5) is 4.39 Å². The van der Waals surface area contributed by atoms with E-state index in [1.165, 1.54) is 24.3 Å². The molecule has 1 fully saturated rings. The Morgan fingerprint density at radius 2 is 2.00 bits per heavy atom. The Kier molecular flexibility index (Phi) is 1.77.